The summed E-state index contributed by atoms with van der Waals surface area (Å²) in [5.41, 5.74) is 1.31. The van der Waals surface area contributed by atoms with Gasteiger partial charge in [-0.3, -0.25) is 9.59 Å². The molecule has 30 heavy (non-hydrogen) atoms. The van der Waals surface area contributed by atoms with Crippen molar-refractivity contribution in [3.05, 3.63) is 22.2 Å². The minimum absolute atomic E-state index is 0.0489. The molecule has 1 aromatic carbocycles. The molecule has 0 N–H and O–H groups in total. The summed E-state index contributed by atoms with van der Waals surface area (Å²) in [6.45, 7) is 8.83. The molecule has 0 saturated carbocycles. The van der Waals surface area contributed by atoms with Gasteiger partial charge in [0.15, 0.2) is 9.84 Å². The molecule has 0 fully saturated rings. The maximum Gasteiger partial charge on any atom is 0.224 e. The second-order valence-corrected chi connectivity index (χ2v) is 11.0. The number of carbonyl (C=O) groups is 2. The number of fused-ring (bicyclic) bond motifs is 1. The number of sulfone groups is 1. The highest BCUT2D eigenvalue weighted by atomic mass is 79.9. The molecule has 0 saturated heterocycles. The quantitative estimate of drug-likeness (QED) is 0.478. The summed E-state index contributed by atoms with van der Waals surface area (Å²) >= 11 is 3.40. The molecule has 0 bridgehead atoms. The lowest BCUT2D eigenvalue weighted by atomic mass is 10.1. The second-order valence-electron chi connectivity index (χ2n) is 8.01. The Bertz CT molecular complexity index is 877. The summed E-state index contributed by atoms with van der Waals surface area (Å²) in [6.07, 6.45) is 4.35. The van der Waals surface area contributed by atoms with Crippen LogP contribution >= 0.6 is 15.9 Å². The summed E-state index contributed by atoms with van der Waals surface area (Å²) in [6, 6.07) is 3.33. The average molecular weight is 501 g/mol. The molecule has 1 heterocycles. The fourth-order valence-electron chi connectivity index (χ4n) is 3.94. The van der Waals surface area contributed by atoms with E-state index in [4.69, 9.17) is 0 Å². The van der Waals surface area contributed by atoms with E-state index in [2.05, 4.69) is 29.8 Å². The fourth-order valence-corrected chi connectivity index (χ4v) is 6.09. The Morgan fingerprint density at radius 3 is 2.30 bits per heavy atom. The van der Waals surface area contributed by atoms with Crippen LogP contribution in [-0.4, -0.2) is 50.0 Å². The molecule has 2 amide bonds. The standard InChI is InChI=1S/C22H33BrN2O4S/c1-5-7-10-24(11-8-6-2)21(27)9-12-30(28,29)20-15-19(23)14-18-13-16(3)25(17(4)26)22(18)20/h14-16H,5-13H2,1-4H3/t16-/m1/s1. The molecule has 8 heteroatoms. The van der Waals surface area contributed by atoms with Crippen molar-refractivity contribution in [1.82, 2.24) is 4.90 Å². The highest BCUT2D eigenvalue weighted by Gasteiger charge is 2.35. The van der Waals surface area contributed by atoms with E-state index in [-0.39, 0.29) is 34.9 Å². The number of hydrogen-bond acceptors (Lipinski definition) is 4. The minimum atomic E-state index is -3.74. The van der Waals surface area contributed by atoms with Crippen molar-refractivity contribution < 1.29 is 18.0 Å². The Balaban J connectivity index is 2.26. The third-order valence-electron chi connectivity index (χ3n) is 5.49. The van der Waals surface area contributed by atoms with Crippen LogP contribution in [0.4, 0.5) is 5.69 Å². The smallest absolute Gasteiger partial charge is 0.224 e. The van der Waals surface area contributed by atoms with E-state index in [9.17, 15) is 18.0 Å². The van der Waals surface area contributed by atoms with Crippen molar-refractivity contribution >= 4 is 43.3 Å². The number of halogens is 1. The number of anilines is 1. The van der Waals surface area contributed by atoms with Crippen molar-refractivity contribution in [1.29, 1.82) is 0 Å². The SMILES string of the molecule is CCCCN(CCCC)C(=O)CCS(=O)(=O)c1cc(Br)cc2c1N(C(C)=O)[C@H](C)C2. The fraction of sp³-hybridized carbons (Fsp3) is 0.636. The largest absolute Gasteiger partial charge is 0.343 e. The molecule has 0 unspecified atom stereocenters. The molecule has 1 aliphatic heterocycles. The molecular formula is C22H33BrN2O4S. The first-order chi connectivity index (χ1) is 14.1. The van der Waals surface area contributed by atoms with Crippen molar-refractivity contribution in [2.24, 2.45) is 0 Å². The molecule has 1 atom stereocenters. The maximum absolute atomic E-state index is 13.2. The van der Waals surface area contributed by atoms with Crippen molar-refractivity contribution in [2.45, 2.75) is 77.2 Å². The Labute approximate surface area is 189 Å². The first kappa shape index (κ1) is 24.9. The van der Waals surface area contributed by atoms with E-state index < -0.39 is 9.84 Å². The van der Waals surface area contributed by atoms with E-state index in [0.717, 1.165) is 31.2 Å². The van der Waals surface area contributed by atoms with Crippen LogP contribution < -0.4 is 4.90 Å². The van der Waals surface area contributed by atoms with Gasteiger partial charge in [0.25, 0.3) is 0 Å². The van der Waals surface area contributed by atoms with Gasteiger partial charge < -0.3 is 9.80 Å². The molecule has 0 radical (unpaired) electrons. The zero-order chi connectivity index (χ0) is 22.5. The lowest BCUT2D eigenvalue weighted by Gasteiger charge is -2.24. The monoisotopic (exact) mass is 500 g/mol. The molecule has 1 aliphatic rings. The number of hydrogen-bond donors (Lipinski definition) is 0. The summed E-state index contributed by atoms with van der Waals surface area (Å²) < 4.78 is 27.2. The van der Waals surface area contributed by atoms with E-state index in [0.29, 0.717) is 29.7 Å². The first-order valence-corrected chi connectivity index (χ1v) is 13.2. The molecule has 0 aromatic heterocycles. The Hall–Kier alpha value is -1.41. The van der Waals surface area contributed by atoms with Crippen molar-refractivity contribution in [2.75, 3.05) is 23.7 Å². The summed E-state index contributed by atoms with van der Waals surface area (Å²) in [5, 5.41) is 0. The van der Waals surface area contributed by atoms with Gasteiger partial charge in [-0.05, 0) is 43.9 Å². The lowest BCUT2D eigenvalue weighted by Crippen LogP contribution is -2.35. The number of benzene rings is 1. The van der Waals surface area contributed by atoms with E-state index in [1.807, 2.05) is 13.0 Å². The van der Waals surface area contributed by atoms with Gasteiger partial charge in [0.2, 0.25) is 11.8 Å². The van der Waals surface area contributed by atoms with Crippen LogP contribution in [0, 0.1) is 0 Å². The molecule has 1 aromatic rings. The normalized spacial score (nSPS) is 15.9. The highest BCUT2D eigenvalue weighted by molar-refractivity contribution is 9.10. The summed E-state index contributed by atoms with van der Waals surface area (Å²) in [4.78, 5) is 28.4. The zero-order valence-corrected chi connectivity index (χ0v) is 20.8. The number of unbranched alkanes of at least 4 members (excludes halogenated alkanes) is 2. The summed E-state index contributed by atoms with van der Waals surface area (Å²) in [5.74, 6) is -0.561. The molecule has 6 nitrogen and oxygen atoms in total. The maximum atomic E-state index is 13.2. The zero-order valence-electron chi connectivity index (χ0n) is 18.4. The van der Waals surface area contributed by atoms with Gasteiger partial charge in [0.05, 0.1) is 16.3 Å². The number of amides is 2. The van der Waals surface area contributed by atoms with Gasteiger partial charge in [0, 0.05) is 36.9 Å². The molecule has 2 rings (SSSR count). The van der Waals surface area contributed by atoms with Gasteiger partial charge >= 0.3 is 0 Å². The van der Waals surface area contributed by atoms with Crippen LogP contribution in [0.15, 0.2) is 21.5 Å². The van der Waals surface area contributed by atoms with E-state index in [1.165, 1.54) is 6.92 Å². The van der Waals surface area contributed by atoms with Crippen LogP contribution in [-0.2, 0) is 25.8 Å². The van der Waals surface area contributed by atoms with Gasteiger partial charge in [0.1, 0.15) is 0 Å². The lowest BCUT2D eigenvalue weighted by molar-refractivity contribution is -0.131. The molecule has 0 aliphatic carbocycles. The van der Waals surface area contributed by atoms with Crippen LogP contribution in [0.1, 0.15) is 65.4 Å². The second kappa shape index (κ2) is 10.8. The van der Waals surface area contributed by atoms with E-state index >= 15 is 0 Å². The van der Waals surface area contributed by atoms with E-state index in [1.54, 1.807) is 15.9 Å². The number of carbonyl (C=O) groups excluding carboxylic acids is 2. The Morgan fingerprint density at radius 1 is 1.17 bits per heavy atom. The molecular weight excluding hydrogens is 468 g/mol. The van der Waals surface area contributed by atoms with Crippen LogP contribution in [0.2, 0.25) is 0 Å². The average Bonchev–Trinajstić information content (AvgIpc) is 3.01. The van der Waals surface area contributed by atoms with Gasteiger partial charge in [-0.15, -0.1) is 0 Å². The van der Waals surface area contributed by atoms with Crippen LogP contribution in [0.5, 0.6) is 0 Å². The van der Waals surface area contributed by atoms with Crippen molar-refractivity contribution in [3.8, 4) is 0 Å². The van der Waals surface area contributed by atoms with Crippen LogP contribution in [0.3, 0.4) is 0 Å². The molecule has 0 spiro atoms. The van der Waals surface area contributed by atoms with Gasteiger partial charge in [-0.1, -0.05) is 42.6 Å². The molecule has 168 valence electrons. The third kappa shape index (κ3) is 5.84. The highest BCUT2D eigenvalue weighted by Crippen LogP contribution is 2.40. The Kier molecular flexibility index (Phi) is 8.91. The topological polar surface area (TPSA) is 74.8 Å². The van der Waals surface area contributed by atoms with Crippen molar-refractivity contribution in [3.63, 3.8) is 0 Å². The number of nitrogens with zero attached hydrogens (tertiary/aromatic N) is 2. The minimum Gasteiger partial charge on any atom is -0.343 e. The predicted molar refractivity (Wildman–Crippen MR) is 124 cm³/mol. The number of rotatable bonds is 10. The first-order valence-electron chi connectivity index (χ1n) is 10.7. The van der Waals surface area contributed by atoms with Crippen LogP contribution in [0.25, 0.3) is 0 Å². The van der Waals surface area contributed by atoms with Gasteiger partial charge in [-0.25, -0.2) is 8.42 Å². The summed E-state index contributed by atoms with van der Waals surface area (Å²) in [7, 11) is -3.74. The predicted octanol–water partition coefficient (Wildman–Crippen LogP) is 4.34. The Morgan fingerprint density at radius 2 is 1.77 bits per heavy atom. The third-order valence-corrected chi connectivity index (χ3v) is 7.67. The van der Waals surface area contributed by atoms with Gasteiger partial charge in [-0.2, -0.15) is 0 Å².